The van der Waals surface area contributed by atoms with E-state index in [4.69, 9.17) is 9.47 Å². The SMILES string of the molecule is O=C(C1CCCC1)N1CCC2(CC1)CC(CCOc1cccnc1)CCO2. The molecule has 0 bridgehead atoms. The van der Waals surface area contributed by atoms with E-state index in [1.54, 1.807) is 12.4 Å². The van der Waals surface area contributed by atoms with Crippen molar-refractivity contribution in [2.24, 2.45) is 11.8 Å². The van der Waals surface area contributed by atoms with E-state index < -0.39 is 0 Å². The molecule has 148 valence electrons. The van der Waals surface area contributed by atoms with Crippen LogP contribution in [0.1, 0.15) is 57.8 Å². The fourth-order valence-electron chi connectivity index (χ4n) is 5.07. The van der Waals surface area contributed by atoms with Crippen LogP contribution >= 0.6 is 0 Å². The van der Waals surface area contributed by atoms with Crippen molar-refractivity contribution < 1.29 is 14.3 Å². The zero-order valence-corrected chi connectivity index (χ0v) is 16.3. The lowest BCUT2D eigenvalue weighted by Gasteiger charge is -2.46. The predicted octanol–water partition coefficient (Wildman–Crippen LogP) is 3.83. The number of likely N-dealkylation sites (tertiary alicyclic amines) is 1. The topological polar surface area (TPSA) is 51.7 Å². The maximum atomic E-state index is 12.7. The normalized spacial score (nSPS) is 25.6. The largest absolute Gasteiger partial charge is 0.492 e. The molecule has 27 heavy (non-hydrogen) atoms. The minimum atomic E-state index is -0.0102. The lowest BCUT2D eigenvalue weighted by atomic mass is 9.78. The van der Waals surface area contributed by atoms with Gasteiger partial charge in [-0.15, -0.1) is 0 Å². The fourth-order valence-corrected chi connectivity index (χ4v) is 5.07. The van der Waals surface area contributed by atoms with Gasteiger partial charge >= 0.3 is 0 Å². The first-order valence-electron chi connectivity index (χ1n) is 10.7. The summed E-state index contributed by atoms with van der Waals surface area (Å²) in [5.74, 6) is 2.19. The Labute approximate surface area is 162 Å². The molecule has 3 aliphatic rings. The van der Waals surface area contributed by atoms with E-state index in [0.717, 1.165) is 77.0 Å². The van der Waals surface area contributed by atoms with Gasteiger partial charge in [-0.05, 0) is 63.0 Å². The second-order valence-corrected chi connectivity index (χ2v) is 8.52. The fraction of sp³-hybridized carbons (Fsp3) is 0.727. The first-order valence-corrected chi connectivity index (χ1v) is 10.7. The lowest BCUT2D eigenvalue weighted by Crippen LogP contribution is -2.51. The van der Waals surface area contributed by atoms with Crippen LogP contribution in [0.2, 0.25) is 0 Å². The Morgan fingerprint density at radius 2 is 2.07 bits per heavy atom. The quantitative estimate of drug-likeness (QED) is 0.788. The number of aromatic nitrogens is 1. The Balaban J connectivity index is 1.24. The number of nitrogens with zero attached hydrogens (tertiary/aromatic N) is 2. The summed E-state index contributed by atoms with van der Waals surface area (Å²) < 4.78 is 12.1. The number of rotatable bonds is 5. The van der Waals surface area contributed by atoms with E-state index in [0.29, 0.717) is 17.7 Å². The Hall–Kier alpha value is -1.62. The summed E-state index contributed by atoms with van der Waals surface area (Å²) in [6.45, 7) is 3.31. The predicted molar refractivity (Wildman–Crippen MR) is 104 cm³/mol. The molecule has 1 atom stereocenters. The average Bonchev–Trinajstić information content (AvgIpc) is 3.24. The van der Waals surface area contributed by atoms with Crippen molar-refractivity contribution >= 4 is 5.91 Å². The van der Waals surface area contributed by atoms with Crippen LogP contribution in [0, 0.1) is 11.8 Å². The van der Waals surface area contributed by atoms with Crippen molar-refractivity contribution in [3.8, 4) is 5.75 Å². The van der Waals surface area contributed by atoms with Crippen LogP contribution < -0.4 is 4.74 Å². The van der Waals surface area contributed by atoms with Gasteiger partial charge in [0, 0.05) is 31.8 Å². The van der Waals surface area contributed by atoms with Crippen molar-refractivity contribution in [1.29, 1.82) is 0 Å². The molecule has 3 heterocycles. The number of piperidine rings is 1. The number of carbonyl (C=O) groups excluding carboxylic acids is 1. The van der Waals surface area contributed by atoms with Crippen LogP contribution in [0.5, 0.6) is 5.75 Å². The Morgan fingerprint density at radius 3 is 2.81 bits per heavy atom. The van der Waals surface area contributed by atoms with E-state index in [1.165, 1.54) is 12.8 Å². The summed E-state index contributed by atoms with van der Waals surface area (Å²) in [6, 6.07) is 3.86. The highest BCUT2D eigenvalue weighted by molar-refractivity contribution is 5.79. The molecule has 0 N–H and O–H groups in total. The van der Waals surface area contributed by atoms with E-state index in [1.807, 2.05) is 12.1 Å². The Morgan fingerprint density at radius 1 is 1.26 bits per heavy atom. The summed E-state index contributed by atoms with van der Waals surface area (Å²) in [6.07, 6.45) is 13.4. The molecule has 4 rings (SSSR count). The standard InChI is InChI=1S/C22H32N2O3/c25-21(19-4-1-2-5-19)24-12-9-22(10-13-24)16-18(8-15-27-22)7-14-26-20-6-3-11-23-17-20/h3,6,11,17-19H,1-2,4-5,7-10,12-16H2. The van der Waals surface area contributed by atoms with Gasteiger partial charge in [0.25, 0.3) is 0 Å². The monoisotopic (exact) mass is 372 g/mol. The van der Waals surface area contributed by atoms with Crippen LogP contribution in [-0.2, 0) is 9.53 Å². The van der Waals surface area contributed by atoms with Gasteiger partial charge in [-0.3, -0.25) is 9.78 Å². The van der Waals surface area contributed by atoms with Crippen LogP contribution in [0.25, 0.3) is 0 Å². The van der Waals surface area contributed by atoms with Gasteiger partial charge in [0.05, 0.1) is 18.4 Å². The zero-order chi connectivity index (χ0) is 18.5. The summed E-state index contributed by atoms with van der Waals surface area (Å²) in [4.78, 5) is 18.9. The maximum Gasteiger partial charge on any atom is 0.225 e. The number of hydrogen-bond donors (Lipinski definition) is 0. The van der Waals surface area contributed by atoms with Crippen LogP contribution in [0.15, 0.2) is 24.5 Å². The van der Waals surface area contributed by atoms with E-state index in [2.05, 4.69) is 9.88 Å². The van der Waals surface area contributed by atoms with Gasteiger partial charge in [0.2, 0.25) is 5.91 Å². The number of amides is 1. The first kappa shape index (κ1) is 18.7. The van der Waals surface area contributed by atoms with Gasteiger partial charge in [0.1, 0.15) is 5.75 Å². The van der Waals surface area contributed by atoms with Crippen LogP contribution in [-0.4, -0.2) is 47.7 Å². The van der Waals surface area contributed by atoms with Gasteiger partial charge in [0.15, 0.2) is 0 Å². The molecule has 3 fully saturated rings. The average molecular weight is 373 g/mol. The van der Waals surface area contributed by atoms with Crippen molar-refractivity contribution in [3.05, 3.63) is 24.5 Å². The molecule has 2 saturated heterocycles. The Kier molecular flexibility index (Phi) is 5.96. The van der Waals surface area contributed by atoms with Crippen molar-refractivity contribution in [1.82, 2.24) is 9.88 Å². The molecular weight excluding hydrogens is 340 g/mol. The highest BCUT2D eigenvalue weighted by Crippen LogP contribution is 2.39. The molecule has 1 unspecified atom stereocenters. The van der Waals surface area contributed by atoms with Crippen LogP contribution in [0.4, 0.5) is 0 Å². The third kappa shape index (κ3) is 4.63. The third-order valence-corrected chi connectivity index (χ3v) is 6.72. The van der Waals surface area contributed by atoms with Crippen LogP contribution in [0.3, 0.4) is 0 Å². The highest BCUT2D eigenvalue weighted by atomic mass is 16.5. The second-order valence-electron chi connectivity index (χ2n) is 8.52. The van der Waals surface area contributed by atoms with Crippen molar-refractivity contribution in [3.63, 3.8) is 0 Å². The smallest absolute Gasteiger partial charge is 0.225 e. The van der Waals surface area contributed by atoms with E-state index >= 15 is 0 Å². The van der Waals surface area contributed by atoms with Crippen molar-refractivity contribution in [2.75, 3.05) is 26.3 Å². The minimum Gasteiger partial charge on any atom is -0.492 e. The highest BCUT2D eigenvalue weighted by Gasteiger charge is 2.41. The molecule has 1 aliphatic carbocycles. The molecule has 1 amide bonds. The number of hydrogen-bond acceptors (Lipinski definition) is 4. The molecule has 2 aliphatic heterocycles. The number of ether oxygens (including phenoxy) is 2. The summed E-state index contributed by atoms with van der Waals surface area (Å²) in [5, 5.41) is 0. The summed E-state index contributed by atoms with van der Waals surface area (Å²) >= 11 is 0. The number of pyridine rings is 1. The molecule has 5 nitrogen and oxygen atoms in total. The molecule has 0 aromatic carbocycles. The second kappa shape index (κ2) is 8.59. The zero-order valence-electron chi connectivity index (χ0n) is 16.3. The molecule has 1 aromatic rings. The van der Waals surface area contributed by atoms with Gasteiger partial charge in [-0.2, -0.15) is 0 Å². The minimum absolute atomic E-state index is 0.0102. The first-order chi connectivity index (χ1) is 13.2. The molecule has 5 heteroatoms. The van der Waals surface area contributed by atoms with Gasteiger partial charge < -0.3 is 14.4 Å². The van der Waals surface area contributed by atoms with E-state index in [-0.39, 0.29) is 5.60 Å². The molecule has 1 spiro atoms. The summed E-state index contributed by atoms with van der Waals surface area (Å²) in [5.41, 5.74) is -0.0102. The Bertz CT molecular complexity index is 607. The molecule has 1 aromatic heterocycles. The van der Waals surface area contributed by atoms with Crippen molar-refractivity contribution in [2.45, 2.75) is 63.4 Å². The van der Waals surface area contributed by atoms with Gasteiger partial charge in [-0.25, -0.2) is 0 Å². The molecular formula is C22H32N2O3. The molecule has 0 radical (unpaired) electrons. The molecule has 1 saturated carbocycles. The third-order valence-electron chi connectivity index (χ3n) is 6.72. The maximum absolute atomic E-state index is 12.7. The van der Waals surface area contributed by atoms with Gasteiger partial charge in [-0.1, -0.05) is 12.8 Å². The summed E-state index contributed by atoms with van der Waals surface area (Å²) in [7, 11) is 0. The lowest BCUT2D eigenvalue weighted by molar-refractivity contribution is -0.150. The number of carbonyl (C=O) groups is 1. The van der Waals surface area contributed by atoms with E-state index in [9.17, 15) is 4.79 Å².